The minimum absolute atomic E-state index is 0.240. The second-order valence-corrected chi connectivity index (χ2v) is 8.06. The fourth-order valence-electron chi connectivity index (χ4n) is 4.12. The molecule has 7 nitrogen and oxygen atoms in total. The van der Waals surface area contributed by atoms with Crippen LogP contribution in [0, 0.1) is 6.92 Å². The first-order valence-corrected chi connectivity index (χ1v) is 11.0. The van der Waals surface area contributed by atoms with Gasteiger partial charge in [0.25, 0.3) is 5.91 Å². The number of ether oxygens (including phenoxy) is 2. The van der Waals surface area contributed by atoms with Gasteiger partial charge >= 0.3 is 0 Å². The predicted molar refractivity (Wildman–Crippen MR) is 137 cm³/mol. The normalized spacial score (nSPS) is 11.4. The standard InChI is InChI=1S/C28H26N2O5/c1-16(13-25(31)30-24-8-6-5-7-20(24)28(29)32)21-14-22-23(18-9-11-19(33-3)12-10-18)15-35-27(22)17(2)26(21)34-4/h5-15H,1-4H3,(H2,29,32)(H,30,31)/b16-13+. The molecule has 0 aliphatic heterocycles. The number of benzene rings is 3. The maximum absolute atomic E-state index is 12.8. The van der Waals surface area contributed by atoms with Crippen LogP contribution in [0.1, 0.15) is 28.4 Å². The molecular formula is C28H26N2O5. The number of nitrogens with two attached hydrogens (primary N) is 1. The second-order valence-electron chi connectivity index (χ2n) is 8.06. The molecule has 3 N–H and O–H groups in total. The molecule has 178 valence electrons. The molecule has 1 aromatic heterocycles. The molecule has 0 unspecified atom stereocenters. The van der Waals surface area contributed by atoms with Gasteiger partial charge in [0.2, 0.25) is 5.91 Å². The van der Waals surface area contributed by atoms with Gasteiger partial charge in [0.15, 0.2) is 0 Å². The zero-order valence-electron chi connectivity index (χ0n) is 20.0. The van der Waals surface area contributed by atoms with Crippen molar-refractivity contribution in [2.45, 2.75) is 13.8 Å². The first-order chi connectivity index (χ1) is 16.8. The van der Waals surface area contributed by atoms with E-state index in [1.165, 1.54) is 6.08 Å². The Morgan fingerprint density at radius 3 is 2.37 bits per heavy atom. The Kier molecular flexibility index (Phi) is 6.59. The smallest absolute Gasteiger partial charge is 0.250 e. The lowest BCUT2D eigenvalue weighted by atomic mass is 9.96. The Labute approximate surface area is 203 Å². The number of anilines is 1. The summed E-state index contributed by atoms with van der Waals surface area (Å²) in [4.78, 5) is 24.5. The van der Waals surface area contributed by atoms with Crippen molar-refractivity contribution in [3.05, 3.63) is 83.6 Å². The fraction of sp³-hybridized carbons (Fsp3) is 0.143. The lowest BCUT2D eigenvalue weighted by Gasteiger charge is -2.14. The highest BCUT2D eigenvalue weighted by atomic mass is 16.5. The van der Waals surface area contributed by atoms with Gasteiger partial charge in [0.1, 0.15) is 17.1 Å². The summed E-state index contributed by atoms with van der Waals surface area (Å²) in [6.45, 7) is 3.75. The van der Waals surface area contributed by atoms with Crippen LogP contribution in [0.3, 0.4) is 0 Å². The number of hydrogen-bond donors (Lipinski definition) is 2. The van der Waals surface area contributed by atoms with Crippen molar-refractivity contribution in [2.75, 3.05) is 19.5 Å². The van der Waals surface area contributed by atoms with E-state index in [1.807, 2.05) is 44.2 Å². The molecule has 0 spiro atoms. The van der Waals surface area contributed by atoms with Gasteiger partial charge in [0.05, 0.1) is 31.7 Å². The van der Waals surface area contributed by atoms with E-state index in [-0.39, 0.29) is 5.56 Å². The molecule has 0 bridgehead atoms. The SMILES string of the molecule is COc1ccc(-c2coc3c(C)c(OC)c(/C(C)=C/C(=O)Nc4ccccc4C(N)=O)cc23)cc1. The number of amides is 2. The average molecular weight is 471 g/mol. The van der Waals surface area contributed by atoms with E-state index in [4.69, 9.17) is 19.6 Å². The van der Waals surface area contributed by atoms with E-state index in [2.05, 4.69) is 5.32 Å². The molecule has 7 heteroatoms. The lowest BCUT2D eigenvalue weighted by Crippen LogP contribution is -2.17. The predicted octanol–water partition coefficient (Wildman–Crippen LogP) is 5.57. The zero-order chi connectivity index (χ0) is 25.1. The summed E-state index contributed by atoms with van der Waals surface area (Å²) in [5.74, 6) is 0.379. The third-order valence-corrected chi connectivity index (χ3v) is 5.87. The molecule has 4 rings (SSSR count). The summed E-state index contributed by atoms with van der Waals surface area (Å²) in [7, 11) is 3.21. The van der Waals surface area contributed by atoms with Crippen LogP contribution in [0.25, 0.3) is 27.7 Å². The summed E-state index contributed by atoms with van der Waals surface area (Å²) < 4.78 is 16.9. The summed E-state index contributed by atoms with van der Waals surface area (Å²) in [6, 6.07) is 16.3. The Bertz CT molecular complexity index is 1450. The monoisotopic (exact) mass is 470 g/mol. The molecule has 0 atom stereocenters. The Morgan fingerprint density at radius 1 is 1.00 bits per heavy atom. The molecule has 0 aliphatic carbocycles. The van der Waals surface area contributed by atoms with Crippen LogP contribution in [-0.2, 0) is 4.79 Å². The first-order valence-electron chi connectivity index (χ1n) is 11.0. The molecule has 1 heterocycles. The van der Waals surface area contributed by atoms with Gasteiger partial charge < -0.3 is 24.9 Å². The minimum atomic E-state index is -0.615. The molecular weight excluding hydrogens is 444 g/mol. The lowest BCUT2D eigenvalue weighted by molar-refractivity contribution is -0.111. The van der Waals surface area contributed by atoms with E-state index in [0.717, 1.165) is 33.4 Å². The number of furan rings is 1. The molecule has 4 aromatic rings. The Hall–Kier alpha value is -4.52. The van der Waals surface area contributed by atoms with Crippen molar-refractivity contribution < 1.29 is 23.5 Å². The van der Waals surface area contributed by atoms with Crippen LogP contribution >= 0.6 is 0 Å². The van der Waals surface area contributed by atoms with Gasteiger partial charge in [-0.15, -0.1) is 0 Å². The molecule has 0 aliphatic rings. The minimum Gasteiger partial charge on any atom is -0.497 e. The quantitative estimate of drug-likeness (QED) is 0.344. The van der Waals surface area contributed by atoms with Crippen LogP contribution in [0.5, 0.6) is 11.5 Å². The molecule has 2 amide bonds. The van der Waals surface area contributed by atoms with Crippen molar-refractivity contribution in [1.82, 2.24) is 0 Å². The van der Waals surface area contributed by atoms with Crippen LogP contribution in [0.4, 0.5) is 5.69 Å². The van der Waals surface area contributed by atoms with Crippen molar-refractivity contribution in [3.8, 4) is 22.6 Å². The number of primary amides is 1. The molecule has 35 heavy (non-hydrogen) atoms. The number of para-hydroxylation sites is 1. The number of fused-ring (bicyclic) bond motifs is 1. The van der Waals surface area contributed by atoms with Gasteiger partial charge in [-0.25, -0.2) is 0 Å². The molecule has 0 fully saturated rings. The van der Waals surface area contributed by atoms with E-state index >= 15 is 0 Å². The number of rotatable bonds is 7. The maximum Gasteiger partial charge on any atom is 0.250 e. The van der Waals surface area contributed by atoms with Crippen LogP contribution in [-0.4, -0.2) is 26.0 Å². The van der Waals surface area contributed by atoms with Gasteiger partial charge in [-0.05, 0) is 55.3 Å². The topological polar surface area (TPSA) is 104 Å². The van der Waals surface area contributed by atoms with E-state index < -0.39 is 11.8 Å². The van der Waals surface area contributed by atoms with Gasteiger partial charge in [-0.3, -0.25) is 9.59 Å². The first kappa shape index (κ1) is 23.6. The van der Waals surface area contributed by atoms with E-state index in [1.54, 1.807) is 44.7 Å². The van der Waals surface area contributed by atoms with Gasteiger partial charge in [0, 0.05) is 28.2 Å². The summed E-state index contributed by atoms with van der Waals surface area (Å²) in [6.07, 6.45) is 3.18. The summed E-state index contributed by atoms with van der Waals surface area (Å²) >= 11 is 0. The zero-order valence-corrected chi connectivity index (χ0v) is 20.0. The second kappa shape index (κ2) is 9.77. The van der Waals surface area contributed by atoms with Crippen LogP contribution in [0.2, 0.25) is 0 Å². The van der Waals surface area contributed by atoms with E-state index in [9.17, 15) is 9.59 Å². The number of allylic oxidation sites excluding steroid dienone is 1. The molecule has 0 radical (unpaired) electrons. The highest BCUT2D eigenvalue weighted by molar-refractivity contribution is 6.09. The van der Waals surface area contributed by atoms with Crippen molar-refractivity contribution in [1.29, 1.82) is 0 Å². The van der Waals surface area contributed by atoms with Crippen molar-refractivity contribution >= 4 is 34.0 Å². The number of carbonyl (C=O) groups is 2. The number of aryl methyl sites for hydroxylation is 1. The highest BCUT2D eigenvalue weighted by Gasteiger charge is 2.19. The van der Waals surface area contributed by atoms with Gasteiger partial charge in [-0.2, -0.15) is 0 Å². The van der Waals surface area contributed by atoms with Crippen molar-refractivity contribution in [3.63, 3.8) is 0 Å². The summed E-state index contributed by atoms with van der Waals surface area (Å²) in [5.41, 5.74) is 10.9. The number of hydrogen-bond acceptors (Lipinski definition) is 5. The van der Waals surface area contributed by atoms with Gasteiger partial charge in [-0.1, -0.05) is 24.3 Å². The average Bonchev–Trinajstić information content (AvgIpc) is 3.28. The third-order valence-electron chi connectivity index (χ3n) is 5.87. The fourth-order valence-corrected chi connectivity index (χ4v) is 4.12. The van der Waals surface area contributed by atoms with Crippen LogP contribution < -0.4 is 20.5 Å². The summed E-state index contributed by atoms with van der Waals surface area (Å²) in [5, 5.41) is 3.64. The maximum atomic E-state index is 12.8. The molecule has 0 saturated carbocycles. The van der Waals surface area contributed by atoms with Crippen LogP contribution in [0.15, 0.2) is 71.4 Å². The third kappa shape index (κ3) is 4.61. The number of nitrogens with one attached hydrogen (secondary N) is 1. The van der Waals surface area contributed by atoms with E-state index in [0.29, 0.717) is 22.6 Å². The highest BCUT2D eigenvalue weighted by Crippen LogP contribution is 2.40. The number of methoxy groups -OCH3 is 2. The molecule has 0 saturated heterocycles. The Balaban J connectivity index is 1.75. The van der Waals surface area contributed by atoms with Crippen molar-refractivity contribution in [2.24, 2.45) is 5.73 Å². The Morgan fingerprint density at radius 2 is 1.71 bits per heavy atom. The molecule has 3 aromatic carbocycles. The largest absolute Gasteiger partial charge is 0.497 e. The number of carbonyl (C=O) groups excluding carboxylic acids is 2.